The number of benzene rings is 2. The molecule has 4 heteroatoms. The predicted octanol–water partition coefficient (Wildman–Crippen LogP) is 2.71. The van der Waals surface area contributed by atoms with Crippen LogP contribution in [0.15, 0.2) is 54.6 Å². The van der Waals surface area contributed by atoms with E-state index in [1.807, 2.05) is 42.5 Å². The Labute approximate surface area is 130 Å². The summed E-state index contributed by atoms with van der Waals surface area (Å²) in [5.74, 6) is 0. The molecule has 1 amide bonds. The fourth-order valence-corrected chi connectivity index (χ4v) is 2.81. The lowest BCUT2D eigenvalue weighted by atomic mass is 9.94. The molecule has 2 aromatic rings. The van der Waals surface area contributed by atoms with Crippen molar-refractivity contribution in [3.05, 3.63) is 71.3 Å². The van der Waals surface area contributed by atoms with Crippen LogP contribution in [0.3, 0.4) is 0 Å². The molecule has 1 unspecified atom stereocenters. The fraction of sp³-hybridized carbons (Fsp3) is 0.278. The summed E-state index contributed by atoms with van der Waals surface area (Å²) >= 11 is 0. The molecular formula is C18H20N2O2. The number of ether oxygens (including phenoxy) is 1. The minimum atomic E-state index is -0.297. The molecule has 114 valence electrons. The lowest BCUT2D eigenvalue weighted by Crippen LogP contribution is -2.48. The second-order valence-electron chi connectivity index (χ2n) is 5.53. The molecular weight excluding hydrogens is 276 g/mol. The van der Waals surface area contributed by atoms with Gasteiger partial charge in [0.15, 0.2) is 0 Å². The van der Waals surface area contributed by atoms with Crippen molar-refractivity contribution in [2.24, 2.45) is 5.73 Å². The number of carbonyl (C=O) groups is 1. The molecule has 0 fully saturated rings. The zero-order valence-corrected chi connectivity index (χ0v) is 12.4. The Bertz CT molecular complexity index is 643. The van der Waals surface area contributed by atoms with Gasteiger partial charge in [-0.25, -0.2) is 4.79 Å². The first-order chi connectivity index (χ1) is 10.8. The normalized spacial score (nSPS) is 17.0. The third-order valence-corrected chi connectivity index (χ3v) is 4.07. The highest BCUT2D eigenvalue weighted by Gasteiger charge is 2.29. The number of rotatable bonds is 3. The van der Waals surface area contributed by atoms with Crippen LogP contribution in [0, 0.1) is 0 Å². The molecule has 4 nitrogen and oxygen atoms in total. The van der Waals surface area contributed by atoms with Gasteiger partial charge in [-0.15, -0.1) is 0 Å². The van der Waals surface area contributed by atoms with E-state index in [9.17, 15) is 4.79 Å². The molecule has 2 N–H and O–H groups in total. The van der Waals surface area contributed by atoms with Crippen LogP contribution in [-0.2, 0) is 24.3 Å². The van der Waals surface area contributed by atoms with E-state index >= 15 is 0 Å². The van der Waals surface area contributed by atoms with Crippen LogP contribution in [0.2, 0.25) is 0 Å². The third kappa shape index (κ3) is 3.12. The molecule has 0 saturated carbocycles. The second kappa shape index (κ2) is 6.62. The fourth-order valence-electron chi connectivity index (χ4n) is 2.81. The van der Waals surface area contributed by atoms with Crippen LogP contribution < -0.4 is 5.73 Å². The first-order valence-corrected chi connectivity index (χ1v) is 7.52. The molecule has 1 atom stereocenters. The standard InChI is InChI=1S/C18H20N2O2/c19-11-17-10-15-8-4-5-9-16(15)12-20(17)18(21)22-13-14-6-2-1-3-7-14/h1-9,17H,10-13,19H2. The van der Waals surface area contributed by atoms with Gasteiger partial charge >= 0.3 is 6.09 Å². The second-order valence-corrected chi connectivity index (χ2v) is 5.53. The molecule has 0 radical (unpaired) electrons. The van der Waals surface area contributed by atoms with Crippen LogP contribution in [0.25, 0.3) is 0 Å². The zero-order chi connectivity index (χ0) is 15.4. The van der Waals surface area contributed by atoms with Crippen molar-refractivity contribution in [3.63, 3.8) is 0 Å². The first kappa shape index (κ1) is 14.6. The van der Waals surface area contributed by atoms with E-state index in [4.69, 9.17) is 10.5 Å². The van der Waals surface area contributed by atoms with E-state index in [2.05, 4.69) is 12.1 Å². The Kier molecular flexibility index (Phi) is 4.39. The monoisotopic (exact) mass is 296 g/mol. The molecule has 0 spiro atoms. The van der Waals surface area contributed by atoms with Crippen molar-refractivity contribution in [1.29, 1.82) is 0 Å². The molecule has 0 saturated heterocycles. The summed E-state index contributed by atoms with van der Waals surface area (Å²) < 4.78 is 5.45. The average molecular weight is 296 g/mol. The number of carbonyl (C=O) groups excluding carboxylic acids is 1. The lowest BCUT2D eigenvalue weighted by molar-refractivity contribution is 0.0746. The largest absolute Gasteiger partial charge is 0.445 e. The number of nitrogens with zero attached hydrogens (tertiary/aromatic N) is 1. The maximum absolute atomic E-state index is 12.4. The maximum Gasteiger partial charge on any atom is 0.410 e. The summed E-state index contributed by atoms with van der Waals surface area (Å²) in [5.41, 5.74) is 9.27. The number of amides is 1. The Morgan fingerprint density at radius 2 is 1.77 bits per heavy atom. The maximum atomic E-state index is 12.4. The lowest BCUT2D eigenvalue weighted by Gasteiger charge is -2.35. The van der Waals surface area contributed by atoms with E-state index in [1.165, 1.54) is 11.1 Å². The van der Waals surface area contributed by atoms with Crippen molar-refractivity contribution >= 4 is 6.09 Å². The van der Waals surface area contributed by atoms with Gasteiger partial charge in [0.25, 0.3) is 0 Å². The summed E-state index contributed by atoms with van der Waals surface area (Å²) in [6, 6.07) is 17.9. The van der Waals surface area contributed by atoms with Gasteiger partial charge in [-0.1, -0.05) is 54.6 Å². The summed E-state index contributed by atoms with van der Waals surface area (Å²) in [5, 5.41) is 0. The predicted molar refractivity (Wildman–Crippen MR) is 85.2 cm³/mol. The van der Waals surface area contributed by atoms with Crippen molar-refractivity contribution in [2.45, 2.75) is 25.6 Å². The number of nitrogens with two attached hydrogens (primary N) is 1. The highest BCUT2D eigenvalue weighted by Crippen LogP contribution is 2.23. The van der Waals surface area contributed by atoms with E-state index in [0.29, 0.717) is 13.1 Å². The van der Waals surface area contributed by atoms with Gasteiger partial charge in [-0.3, -0.25) is 4.90 Å². The van der Waals surface area contributed by atoms with Crippen LogP contribution in [0.5, 0.6) is 0 Å². The number of hydrogen-bond acceptors (Lipinski definition) is 3. The number of fused-ring (bicyclic) bond motifs is 1. The van der Waals surface area contributed by atoms with Gasteiger partial charge in [0.2, 0.25) is 0 Å². The molecule has 1 aliphatic rings. The van der Waals surface area contributed by atoms with Crippen molar-refractivity contribution in [2.75, 3.05) is 6.54 Å². The SMILES string of the molecule is NCC1Cc2ccccc2CN1C(=O)OCc1ccccc1. The van der Waals surface area contributed by atoms with E-state index in [0.717, 1.165) is 12.0 Å². The van der Waals surface area contributed by atoms with Gasteiger partial charge in [0, 0.05) is 13.1 Å². The Hall–Kier alpha value is -2.33. The van der Waals surface area contributed by atoms with Crippen LogP contribution in [0.4, 0.5) is 4.79 Å². The van der Waals surface area contributed by atoms with Gasteiger partial charge in [-0.05, 0) is 23.1 Å². The minimum absolute atomic E-state index is 0.00169. The van der Waals surface area contributed by atoms with Crippen molar-refractivity contribution in [3.8, 4) is 0 Å². The number of hydrogen-bond donors (Lipinski definition) is 1. The quantitative estimate of drug-likeness (QED) is 0.947. The molecule has 1 aliphatic heterocycles. The summed E-state index contributed by atoms with van der Waals surface area (Å²) in [6.07, 6.45) is 0.487. The Balaban J connectivity index is 1.68. The van der Waals surface area contributed by atoms with Gasteiger partial charge in [0.1, 0.15) is 6.61 Å². The van der Waals surface area contributed by atoms with E-state index in [-0.39, 0.29) is 18.7 Å². The summed E-state index contributed by atoms with van der Waals surface area (Å²) in [6.45, 7) is 1.29. The van der Waals surface area contributed by atoms with Gasteiger partial charge in [-0.2, -0.15) is 0 Å². The molecule has 3 rings (SSSR count). The molecule has 22 heavy (non-hydrogen) atoms. The zero-order valence-electron chi connectivity index (χ0n) is 12.4. The average Bonchev–Trinajstić information content (AvgIpc) is 2.59. The molecule has 0 bridgehead atoms. The minimum Gasteiger partial charge on any atom is -0.445 e. The molecule has 2 aromatic carbocycles. The van der Waals surface area contributed by atoms with Crippen molar-refractivity contribution < 1.29 is 9.53 Å². The molecule has 0 aromatic heterocycles. The Morgan fingerprint density at radius 3 is 2.50 bits per heavy atom. The highest BCUT2D eigenvalue weighted by atomic mass is 16.6. The topological polar surface area (TPSA) is 55.6 Å². The van der Waals surface area contributed by atoms with Crippen molar-refractivity contribution in [1.82, 2.24) is 4.90 Å². The van der Waals surface area contributed by atoms with Gasteiger partial charge in [0.05, 0.1) is 6.04 Å². The third-order valence-electron chi connectivity index (χ3n) is 4.07. The van der Waals surface area contributed by atoms with Gasteiger partial charge < -0.3 is 10.5 Å². The summed E-state index contributed by atoms with van der Waals surface area (Å²) in [4.78, 5) is 14.1. The van der Waals surface area contributed by atoms with Crippen LogP contribution in [0.1, 0.15) is 16.7 Å². The molecule has 1 heterocycles. The van der Waals surface area contributed by atoms with Crippen LogP contribution >= 0.6 is 0 Å². The molecule has 0 aliphatic carbocycles. The van der Waals surface area contributed by atoms with E-state index in [1.54, 1.807) is 4.90 Å². The van der Waals surface area contributed by atoms with E-state index < -0.39 is 0 Å². The smallest absolute Gasteiger partial charge is 0.410 e. The highest BCUT2D eigenvalue weighted by molar-refractivity contribution is 5.68. The van der Waals surface area contributed by atoms with Crippen LogP contribution in [-0.4, -0.2) is 23.6 Å². The first-order valence-electron chi connectivity index (χ1n) is 7.52. The summed E-state index contributed by atoms with van der Waals surface area (Å²) in [7, 11) is 0. The Morgan fingerprint density at radius 1 is 1.09 bits per heavy atom.